The molecule has 2 heterocycles. The van der Waals surface area contributed by atoms with Gasteiger partial charge in [0.15, 0.2) is 0 Å². The Morgan fingerprint density at radius 3 is 2.87 bits per heavy atom. The van der Waals surface area contributed by atoms with E-state index in [0.717, 1.165) is 12.0 Å². The largest absolute Gasteiger partial charge is 0.390 e. The Morgan fingerprint density at radius 1 is 1.35 bits per heavy atom. The van der Waals surface area contributed by atoms with Crippen LogP contribution in [-0.4, -0.2) is 40.4 Å². The van der Waals surface area contributed by atoms with Crippen molar-refractivity contribution in [2.24, 2.45) is 23.7 Å². The van der Waals surface area contributed by atoms with Crippen LogP contribution in [0.3, 0.4) is 0 Å². The number of rotatable bonds is 1. The second kappa shape index (κ2) is 4.37. The molecule has 5 rings (SSSR count). The van der Waals surface area contributed by atoms with Crippen LogP contribution >= 0.6 is 0 Å². The molecule has 2 aliphatic heterocycles. The molecule has 118 valence electrons. The number of aliphatic hydroxyl groups is 1. The highest BCUT2D eigenvalue weighted by Gasteiger charge is 2.78. The Hall–Kier alpha value is -1.83. The van der Waals surface area contributed by atoms with Crippen LogP contribution in [0.2, 0.25) is 0 Å². The monoisotopic (exact) mass is 309 g/mol. The van der Waals surface area contributed by atoms with E-state index < -0.39 is 11.8 Å². The number of hydrogen-bond acceptors (Lipinski definition) is 3. The Bertz CT molecular complexity index is 736. The molecular weight excluding hydrogens is 290 g/mol. The van der Waals surface area contributed by atoms with Crippen LogP contribution in [0.15, 0.2) is 30.3 Å². The summed E-state index contributed by atoms with van der Waals surface area (Å²) in [5, 5.41) is 10.5. The van der Waals surface area contributed by atoms with Crippen molar-refractivity contribution in [3.8, 4) is 11.8 Å². The maximum Gasteiger partial charge on any atom is 0.229 e. The maximum atomic E-state index is 12.9. The number of carbonyl (C=O) groups is 1. The summed E-state index contributed by atoms with van der Waals surface area (Å²) in [6.07, 6.45) is 0.234. The summed E-state index contributed by atoms with van der Waals surface area (Å²) in [4.78, 5) is 14.7. The molecule has 1 aromatic rings. The molecular formula is C19H19NO3. The van der Waals surface area contributed by atoms with E-state index >= 15 is 0 Å². The smallest absolute Gasteiger partial charge is 0.229 e. The number of hydrogen-bond donors (Lipinski definition) is 1. The first kappa shape index (κ1) is 13.6. The molecule has 2 aliphatic carbocycles. The van der Waals surface area contributed by atoms with E-state index in [-0.39, 0.29) is 35.7 Å². The van der Waals surface area contributed by atoms with Crippen LogP contribution in [0.1, 0.15) is 18.9 Å². The van der Waals surface area contributed by atoms with Gasteiger partial charge < -0.3 is 14.7 Å². The standard InChI is InChI=1S/C19H19NO3/c1-2-20-18(22)14-12-10-13-15(14)19(20,23-17(13)16(12)21)9-8-11-6-4-3-5-7-11/h3-7,12-17,21H,2,10H2,1H3. The Kier molecular flexibility index (Phi) is 2.58. The van der Waals surface area contributed by atoms with Crippen LogP contribution in [0.5, 0.6) is 0 Å². The van der Waals surface area contributed by atoms with Crippen molar-refractivity contribution in [1.82, 2.24) is 4.90 Å². The van der Waals surface area contributed by atoms with Gasteiger partial charge in [0.05, 0.1) is 18.1 Å². The van der Waals surface area contributed by atoms with Gasteiger partial charge >= 0.3 is 0 Å². The van der Waals surface area contributed by atoms with E-state index in [2.05, 4.69) is 11.8 Å². The average Bonchev–Trinajstić information content (AvgIpc) is 3.23. The van der Waals surface area contributed by atoms with Crippen molar-refractivity contribution in [3.05, 3.63) is 35.9 Å². The van der Waals surface area contributed by atoms with Gasteiger partial charge in [-0.3, -0.25) is 4.79 Å². The molecule has 0 aromatic heterocycles. The number of fused-ring (bicyclic) bond motifs is 2. The Labute approximate surface area is 135 Å². The zero-order valence-corrected chi connectivity index (χ0v) is 13.0. The second-order valence-electron chi connectivity index (χ2n) is 7.08. The Morgan fingerprint density at radius 2 is 2.13 bits per heavy atom. The van der Waals surface area contributed by atoms with Gasteiger partial charge in [0.25, 0.3) is 0 Å². The first-order valence-corrected chi connectivity index (χ1v) is 8.43. The van der Waals surface area contributed by atoms with Gasteiger partial charge in [-0.05, 0) is 43.2 Å². The quantitative estimate of drug-likeness (QED) is 0.794. The number of aliphatic hydroxyl groups excluding tert-OH is 1. The van der Waals surface area contributed by atoms with E-state index in [1.165, 1.54) is 0 Å². The molecule has 7 atom stereocenters. The van der Waals surface area contributed by atoms with E-state index in [1.807, 2.05) is 42.2 Å². The van der Waals surface area contributed by atoms with E-state index in [9.17, 15) is 9.90 Å². The van der Waals surface area contributed by atoms with Gasteiger partial charge in [-0.15, -0.1) is 0 Å². The lowest BCUT2D eigenvalue weighted by Crippen LogP contribution is -2.50. The molecule has 0 spiro atoms. The van der Waals surface area contributed by atoms with Gasteiger partial charge in [0, 0.05) is 18.0 Å². The molecule has 2 bridgehead atoms. The summed E-state index contributed by atoms with van der Waals surface area (Å²) in [6, 6.07) is 9.79. The minimum absolute atomic E-state index is 0.0550. The molecule has 4 fully saturated rings. The van der Waals surface area contributed by atoms with E-state index in [4.69, 9.17) is 4.74 Å². The van der Waals surface area contributed by atoms with Crippen LogP contribution in [0.4, 0.5) is 0 Å². The molecule has 2 saturated heterocycles. The fourth-order valence-corrected chi connectivity index (χ4v) is 5.48. The van der Waals surface area contributed by atoms with Crippen molar-refractivity contribution in [2.75, 3.05) is 6.54 Å². The number of carbonyl (C=O) groups excluding carboxylic acids is 1. The zero-order chi connectivity index (χ0) is 15.8. The first-order valence-electron chi connectivity index (χ1n) is 8.43. The minimum atomic E-state index is -0.839. The average molecular weight is 309 g/mol. The van der Waals surface area contributed by atoms with Gasteiger partial charge in [-0.1, -0.05) is 24.1 Å². The van der Waals surface area contributed by atoms with E-state index in [0.29, 0.717) is 6.54 Å². The van der Waals surface area contributed by atoms with Crippen molar-refractivity contribution in [1.29, 1.82) is 0 Å². The fourth-order valence-electron chi connectivity index (χ4n) is 5.48. The van der Waals surface area contributed by atoms with Crippen molar-refractivity contribution in [3.63, 3.8) is 0 Å². The number of nitrogens with zero attached hydrogens (tertiary/aromatic N) is 1. The highest BCUT2D eigenvalue weighted by atomic mass is 16.6. The molecule has 1 N–H and O–H groups in total. The van der Waals surface area contributed by atoms with E-state index in [1.54, 1.807) is 0 Å². The first-order chi connectivity index (χ1) is 11.2. The Balaban J connectivity index is 1.63. The van der Waals surface area contributed by atoms with Crippen molar-refractivity contribution < 1.29 is 14.6 Å². The summed E-state index contributed by atoms with van der Waals surface area (Å²) in [5.74, 6) is 6.95. The molecule has 4 aliphatic rings. The molecule has 0 radical (unpaired) electrons. The van der Waals surface area contributed by atoms with Crippen molar-refractivity contribution in [2.45, 2.75) is 31.3 Å². The molecule has 4 nitrogen and oxygen atoms in total. The zero-order valence-electron chi connectivity index (χ0n) is 13.0. The highest BCUT2D eigenvalue weighted by Crippen LogP contribution is 2.67. The predicted octanol–water partition coefficient (Wildman–Crippen LogP) is 1.24. The SMILES string of the molecule is CCN1C(=O)C2C3CC4C(OC1(C#Cc1ccccc1)C42)C3O. The van der Waals surface area contributed by atoms with Gasteiger partial charge in [0.1, 0.15) is 0 Å². The molecule has 1 amide bonds. The van der Waals surface area contributed by atoms with Gasteiger partial charge in [-0.25, -0.2) is 0 Å². The third kappa shape index (κ3) is 1.48. The summed E-state index contributed by atoms with van der Waals surface area (Å²) in [6.45, 7) is 2.57. The van der Waals surface area contributed by atoms with Crippen LogP contribution < -0.4 is 0 Å². The van der Waals surface area contributed by atoms with Crippen LogP contribution in [0, 0.1) is 35.5 Å². The van der Waals surface area contributed by atoms with Crippen LogP contribution in [0.25, 0.3) is 0 Å². The number of ether oxygens (including phenoxy) is 1. The number of benzene rings is 1. The predicted molar refractivity (Wildman–Crippen MR) is 82.9 cm³/mol. The lowest BCUT2D eigenvalue weighted by atomic mass is 9.77. The third-order valence-corrected chi connectivity index (χ3v) is 6.25. The number of likely N-dealkylation sites (tertiary alicyclic amines) is 1. The van der Waals surface area contributed by atoms with Crippen LogP contribution in [-0.2, 0) is 9.53 Å². The number of amides is 1. The second-order valence-corrected chi connectivity index (χ2v) is 7.08. The third-order valence-electron chi connectivity index (χ3n) is 6.25. The summed E-state index contributed by atoms with van der Waals surface area (Å²) in [5.41, 5.74) is 0.0836. The lowest BCUT2D eigenvalue weighted by Gasteiger charge is -2.34. The maximum absolute atomic E-state index is 12.9. The van der Waals surface area contributed by atoms with Gasteiger partial charge in [0.2, 0.25) is 11.6 Å². The summed E-state index contributed by atoms with van der Waals surface area (Å²) in [7, 11) is 0. The minimum Gasteiger partial charge on any atom is -0.390 e. The normalized spacial score (nSPS) is 45.5. The molecule has 4 heteroatoms. The molecule has 23 heavy (non-hydrogen) atoms. The fraction of sp³-hybridized carbons (Fsp3) is 0.526. The highest BCUT2D eigenvalue weighted by molar-refractivity contribution is 5.85. The lowest BCUT2D eigenvalue weighted by molar-refractivity contribution is -0.161. The summed E-state index contributed by atoms with van der Waals surface area (Å²) < 4.78 is 6.31. The molecule has 2 saturated carbocycles. The van der Waals surface area contributed by atoms with Crippen molar-refractivity contribution >= 4 is 5.91 Å². The van der Waals surface area contributed by atoms with Gasteiger partial charge in [-0.2, -0.15) is 0 Å². The molecule has 1 aromatic carbocycles. The topological polar surface area (TPSA) is 49.8 Å². The summed E-state index contributed by atoms with van der Waals surface area (Å²) >= 11 is 0. The molecule has 7 unspecified atom stereocenters.